The second kappa shape index (κ2) is 8.08. The van der Waals surface area contributed by atoms with E-state index in [4.69, 9.17) is 4.84 Å². The highest BCUT2D eigenvalue weighted by molar-refractivity contribution is 6.01. The molecule has 3 rings (SSSR count). The first-order valence-corrected chi connectivity index (χ1v) is 8.56. The fraction of sp³-hybridized carbons (Fsp3) is 0.300. The van der Waals surface area contributed by atoms with Gasteiger partial charge in [0.15, 0.2) is 6.10 Å². The predicted molar refractivity (Wildman–Crippen MR) is 94.5 cm³/mol. The third-order valence-electron chi connectivity index (χ3n) is 4.26. The van der Waals surface area contributed by atoms with Crippen molar-refractivity contribution in [2.24, 2.45) is 5.16 Å². The van der Waals surface area contributed by atoms with Crippen LogP contribution in [-0.2, 0) is 16.2 Å². The van der Waals surface area contributed by atoms with Crippen LogP contribution in [0.3, 0.4) is 0 Å². The van der Waals surface area contributed by atoms with Crippen LogP contribution in [0.1, 0.15) is 30.9 Å². The van der Waals surface area contributed by atoms with Crippen LogP contribution in [0.15, 0.2) is 53.7 Å². The molecule has 1 aliphatic heterocycles. The van der Waals surface area contributed by atoms with Crippen molar-refractivity contribution in [3.63, 3.8) is 0 Å². The highest BCUT2D eigenvalue weighted by Gasteiger charge is 2.26. The fourth-order valence-electron chi connectivity index (χ4n) is 2.90. The van der Waals surface area contributed by atoms with Crippen molar-refractivity contribution in [2.75, 3.05) is 6.54 Å². The molecule has 0 N–H and O–H groups in total. The van der Waals surface area contributed by atoms with Crippen molar-refractivity contribution in [3.8, 4) is 0 Å². The van der Waals surface area contributed by atoms with Crippen molar-refractivity contribution in [2.45, 2.75) is 32.4 Å². The molecule has 6 heteroatoms. The number of hydrogen-bond donors (Lipinski definition) is 0. The van der Waals surface area contributed by atoms with Crippen LogP contribution in [0.5, 0.6) is 0 Å². The molecule has 26 heavy (non-hydrogen) atoms. The van der Waals surface area contributed by atoms with Crippen molar-refractivity contribution in [3.05, 3.63) is 71.3 Å². The average Bonchev–Trinajstić information content (AvgIpc) is 3.11. The van der Waals surface area contributed by atoms with Gasteiger partial charge in [0.1, 0.15) is 11.6 Å². The first-order chi connectivity index (χ1) is 12.5. The van der Waals surface area contributed by atoms with E-state index in [2.05, 4.69) is 5.16 Å². The lowest BCUT2D eigenvalue weighted by Crippen LogP contribution is -2.36. The molecule has 0 spiro atoms. The van der Waals surface area contributed by atoms with Gasteiger partial charge in [-0.3, -0.25) is 4.79 Å². The van der Waals surface area contributed by atoms with Crippen molar-refractivity contribution in [1.29, 1.82) is 0 Å². The Kier molecular flexibility index (Phi) is 5.61. The first-order valence-electron chi connectivity index (χ1n) is 8.56. The van der Waals surface area contributed by atoms with Crippen molar-refractivity contribution >= 4 is 11.6 Å². The van der Waals surface area contributed by atoms with Gasteiger partial charge in [0, 0.05) is 24.9 Å². The Labute approximate surface area is 151 Å². The number of rotatable bonds is 6. The molecule has 0 fully saturated rings. The summed E-state index contributed by atoms with van der Waals surface area (Å²) in [6, 6.07) is 12.3. The van der Waals surface area contributed by atoms with E-state index in [0.29, 0.717) is 37.2 Å². The van der Waals surface area contributed by atoms with E-state index in [1.807, 2.05) is 0 Å². The number of carbonyl (C=O) groups is 1. The molecule has 2 aromatic rings. The molecule has 0 bridgehead atoms. The zero-order valence-electron chi connectivity index (χ0n) is 14.5. The maximum absolute atomic E-state index is 13.4. The molecule has 0 aliphatic carbocycles. The Balaban J connectivity index is 1.65. The summed E-state index contributed by atoms with van der Waals surface area (Å²) in [7, 11) is 0. The van der Waals surface area contributed by atoms with Crippen LogP contribution < -0.4 is 0 Å². The molecule has 0 aromatic heterocycles. The van der Waals surface area contributed by atoms with Crippen LogP contribution in [0, 0.1) is 11.6 Å². The van der Waals surface area contributed by atoms with E-state index in [1.165, 1.54) is 24.3 Å². The Morgan fingerprint density at radius 1 is 1.19 bits per heavy atom. The second-order valence-corrected chi connectivity index (χ2v) is 6.23. The highest BCUT2D eigenvalue weighted by atomic mass is 19.1. The van der Waals surface area contributed by atoms with Gasteiger partial charge in [-0.1, -0.05) is 36.3 Å². The lowest BCUT2D eigenvalue weighted by molar-refractivity contribution is -0.133. The van der Waals surface area contributed by atoms with E-state index in [1.54, 1.807) is 36.1 Å². The number of halogens is 2. The molecular formula is C20H20F2N2O2. The standard InChI is InChI=1S/C20H20F2N2O2/c1-2-20(25)24(12-14-6-8-16(21)9-7-14)13-18-11-19(23-26-18)15-4-3-5-17(22)10-15/h3-10,18H,2,11-13H2,1H3/t18-/m1/s1. The average molecular weight is 358 g/mol. The Bertz CT molecular complexity index is 806. The molecule has 4 nitrogen and oxygen atoms in total. The van der Waals surface area contributed by atoms with Crippen molar-refractivity contribution in [1.82, 2.24) is 4.90 Å². The van der Waals surface area contributed by atoms with E-state index in [9.17, 15) is 13.6 Å². The summed E-state index contributed by atoms with van der Waals surface area (Å²) in [6.45, 7) is 2.54. The van der Waals surface area contributed by atoms with E-state index >= 15 is 0 Å². The topological polar surface area (TPSA) is 41.9 Å². The van der Waals surface area contributed by atoms with Crippen LogP contribution in [0.2, 0.25) is 0 Å². The molecule has 0 unspecified atom stereocenters. The number of carbonyl (C=O) groups excluding carboxylic acids is 1. The first kappa shape index (κ1) is 18.0. The summed E-state index contributed by atoms with van der Waals surface area (Å²) in [4.78, 5) is 19.4. The van der Waals surface area contributed by atoms with E-state index in [0.717, 1.165) is 5.56 Å². The van der Waals surface area contributed by atoms with Gasteiger partial charge in [-0.15, -0.1) is 0 Å². The Hall–Kier alpha value is -2.76. The van der Waals surface area contributed by atoms with Gasteiger partial charge in [0.2, 0.25) is 5.91 Å². The number of oxime groups is 1. The maximum Gasteiger partial charge on any atom is 0.222 e. The molecule has 0 saturated carbocycles. The van der Waals surface area contributed by atoms with Gasteiger partial charge >= 0.3 is 0 Å². The predicted octanol–water partition coefficient (Wildman–Crippen LogP) is 3.90. The van der Waals surface area contributed by atoms with E-state index < -0.39 is 0 Å². The normalized spacial score (nSPS) is 16.1. The molecule has 0 radical (unpaired) electrons. The lowest BCUT2D eigenvalue weighted by atomic mass is 10.0. The van der Waals surface area contributed by atoms with E-state index in [-0.39, 0.29) is 23.6 Å². The second-order valence-electron chi connectivity index (χ2n) is 6.23. The van der Waals surface area contributed by atoms with Crippen LogP contribution in [0.25, 0.3) is 0 Å². The number of benzene rings is 2. The minimum Gasteiger partial charge on any atom is -0.390 e. The minimum absolute atomic E-state index is 0.0165. The summed E-state index contributed by atoms with van der Waals surface area (Å²) in [5.74, 6) is -0.653. The molecule has 1 atom stereocenters. The summed E-state index contributed by atoms with van der Waals surface area (Å²) in [6.07, 6.45) is 0.579. The smallest absolute Gasteiger partial charge is 0.222 e. The monoisotopic (exact) mass is 358 g/mol. The molecule has 136 valence electrons. The van der Waals surface area contributed by atoms with Gasteiger partial charge in [-0.2, -0.15) is 0 Å². The van der Waals surface area contributed by atoms with Crippen LogP contribution >= 0.6 is 0 Å². The van der Waals surface area contributed by atoms with Crippen LogP contribution in [0.4, 0.5) is 8.78 Å². The largest absolute Gasteiger partial charge is 0.390 e. The molecule has 0 saturated heterocycles. The van der Waals surface area contributed by atoms with Gasteiger partial charge < -0.3 is 9.74 Å². The quantitative estimate of drug-likeness (QED) is 0.786. The van der Waals surface area contributed by atoms with Gasteiger partial charge in [-0.05, 0) is 29.8 Å². The Morgan fingerprint density at radius 3 is 2.65 bits per heavy atom. The zero-order chi connectivity index (χ0) is 18.5. The fourth-order valence-corrected chi connectivity index (χ4v) is 2.90. The lowest BCUT2D eigenvalue weighted by Gasteiger charge is -2.24. The number of nitrogens with zero attached hydrogens (tertiary/aromatic N) is 2. The highest BCUT2D eigenvalue weighted by Crippen LogP contribution is 2.19. The third-order valence-corrected chi connectivity index (χ3v) is 4.26. The molecular weight excluding hydrogens is 338 g/mol. The Morgan fingerprint density at radius 2 is 1.96 bits per heavy atom. The molecule has 1 amide bonds. The SMILES string of the molecule is CCC(=O)N(Cc1ccc(F)cc1)C[C@H]1CC(c2cccc(F)c2)=NO1. The number of amides is 1. The summed E-state index contributed by atoms with van der Waals surface area (Å²) in [5.41, 5.74) is 2.19. The number of hydrogen-bond acceptors (Lipinski definition) is 3. The third kappa shape index (κ3) is 4.45. The van der Waals surface area contributed by atoms with Crippen LogP contribution in [-0.4, -0.2) is 29.2 Å². The summed E-state index contributed by atoms with van der Waals surface area (Å²) in [5, 5.41) is 4.05. The minimum atomic E-state index is -0.326. The van der Waals surface area contributed by atoms with Gasteiger partial charge in [0.05, 0.1) is 12.3 Å². The van der Waals surface area contributed by atoms with Gasteiger partial charge in [-0.25, -0.2) is 8.78 Å². The maximum atomic E-state index is 13.4. The zero-order valence-corrected chi connectivity index (χ0v) is 14.5. The molecule has 1 heterocycles. The molecule has 2 aromatic carbocycles. The molecule has 1 aliphatic rings. The summed E-state index contributed by atoms with van der Waals surface area (Å²) < 4.78 is 26.4. The van der Waals surface area contributed by atoms with Gasteiger partial charge in [0.25, 0.3) is 0 Å². The summed E-state index contributed by atoms with van der Waals surface area (Å²) >= 11 is 0. The van der Waals surface area contributed by atoms with Crippen molar-refractivity contribution < 1.29 is 18.4 Å².